The van der Waals surface area contributed by atoms with Gasteiger partial charge in [-0.1, -0.05) is 84.5 Å². The maximum atomic E-state index is 2.23. The summed E-state index contributed by atoms with van der Waals surface area (Å²) in [5.74, 6) is 0. The second-order valence-corrected chi connectivity index (χ2v) is 4.42. The van der Waals surface area contributed by atoms with Crippen LogP contribution in [0.5, 0.6) is 0 Å². The van der Waals surface area contributed by atoms with E-state index >= 15 is 0 Å². The minimum Gasteiger partial charge on any atom is -0.0799 e. The summed E-state index contributed by atoms with van der Waals surface area (Å²) in [4.78, 5) is 0. The zero-order valence-corrected chi connectivity index (χ0v) is 10.7. The molecule has 0 spiro atoms. The maximum absolute atomic E-state index is 2.23. The zero-order valence-electron chi connectivity index (χ0n) is 10.7. The van der Waals surface area contributed by atoms with Gasteiger partial charge in [0.1, 0.15) is 0 Å². The largest absolute Gasteiger partial charge is 0.0799 e. The van der Waals surface area contributed by atoms with Crippen LogP contribution in [0, 0.1) is 0 Å². The highest BCUT2D eigenvalue weighted by Gasteiger charge is 1.89. The molecule has 0 atom stereocenters. The molecule has 0 bridgehead atoms. The number of benzene rings is 2. The van der Waals surface area contributed by atoms with Gasteiger partial charge in [-0.3, -0.25) is 0 Å². The minimum atomic E-state index is 0.990. The molecule has 0 saturated heterocycles. The Hall–Kier alpha value is -2.08. The minimum absolute atomic E-state index is 0.990. The molecule has 0 nitrogen and oxygen atoms in total. The fraction of sp³-hybridized carbons (Fsp3) is 0.111. The number of hydrogen-bond donors (Lipinski definition) is 0. The predicted molar refractivity (Wildman–Crippen MR) is 80.2 cm³/mol. The third-order valence-corrected chi connectivity index (χ3v) is 2.76. The molecule has 0 amide bonds. The monoisotopic (exact) mass is 234 g/mol. The van der Waals surface area contributed by atoms with Gasteiger partial charge in [-0.25, -0.2) is 0 Å². The molecule has 0 aliphatic carbocycles. The fourth-order valence-electron chi connectivity index (χ4n) is 1.84. The van der Waals surface area contributed by atoms with Crippen LogP contribution >= 0.6 is 0 Å². The molecule has 0 saturated carbocycles. The topological polar surface area (TPSA) is 0 Å². The first-order valence-electron chi connectivity index (χ1n) is 6.28. The van der Waals surface area contributed by atoms with Crippen LogP contribution in [0.3, 0.4) is 0 Å². The van der Waals surface area contributed by atoms with Crippen LogP contribution in [0.2, 0.25) is 0 Å². The molecule has 18 heavy (non-hydrogen) atoms. The molecule has 0 N–H and O–H groups in total. The summed E-state index contributed by atoms with van der Waals surface area (Å²) < 4.78 is 0. The van der Waals surface area contributed by atoms with Gasteiger partial charge in [0, 0.05) is 0 Å². The molecule has 0 unspecified atom stereocenters. The Balaban J connectivity index is 1.94. The van der Waals surface area contributed by atoms with Crippen molar-refractivity contribution in [2.45, 2.75) is 13.3 Å². The SMILES string of the molecule is CC(=Cc1ccccc1)CC=Cc1ccccc1. The van der Waals surface area contributed by atoms with E-state index in [0.717, 1.165) is 6.42 Å². The van der Waals surface area contributed by atoms with Crippen molar-refractivity contribution in [3.63, 3.8) is 0 Å². The lowest BCUT2D eigenvalue weighted by atomic mass is 10.1. The standard InChI is InChI=1S/C18H18/c1-16(15-18-12-6-3-7-13-18)9-8-14-17-10-4-2-5-11-17/h2-8,10-15H,9H2,1H3. The Labute approximate surface area is 109 Å². The first-order valence-corrected chi connectivity index (χ1v) is 6.28. The maximum Gasteiger partial charge on any atom is -0.0135 e. The molecule has 0 radical (unpaired) electrons. The Bertz CT molecular complexity index is 518. The predicted octanol–water partition coefficient (Wildman–Crippen LogP) is 5.19. The molecule has 2 rings (SSSR count). The van der Waals surface area contributed by atoms with Gasteiger partial charge in [0.2, 0.25) is 0 Å². The molecule has 0 aliphatic heterocycles. The number of rotatable bonds is 4. The Morgan fingerprint density at radius 1 is 0.833 bits per heavy atom. The van der Waals surface area contributed by atoms with E-state index in [0.29, 0.717) is 0 Å². The van der Waals surface area contributed by atoms with E-state index in [1.807, 2.05) is 12.1 Å². The quantitative estimate of drug-likeness (QED) is 0.682. The van der Waals surface area contributed by atoms with Crippen molar-refractivity contribution in [1.29, 1.82) is 0 Å². The summed E-state index contributed by atoms with van der Waals surface area (Å²) in [6, 6.07) is 20.8. The van der Waals surface area contributed by atoms with E-state index in [2.05, 4.69) is 73.7 Å². The van der Waals surface area contributed by atoms with E-state index in [-0.39, 0.29) is 0 Å². The average Bonchev–Trinajstić information content (AvgIpc) is 2.41. The van der Waals surface area contributed by atoms with Gasteiger partial charge in [0.25, 0.3) is 0 Å². The van der Waals surface area contributed by atoms with Crippen LogP contribution in [0.1, 0.15) is 24.5 Å². The van der Waals surface area contributed by atoms with E-state index in [1.54, 1.807) is 0 Å². The Kier molecular flexibility index (Phi) is 4.54. The smallest absolute Gasteiger partial charge is 0.0135 e. The molecular weight excluding hydrogens is 216 g/mol. The van der Waals surface area contributed by atoms with E-state index < -0.39 is 0 Å². The van der Waals surface area contributed by atoms with Crippen molar-refractivity contribution >= 4 is 12.2 Å². The van der Waals surface area contributed by atoms with E-state index in [4.69, 9.17) is 0 Å². The van der Waals surface area contributed by atoms with Crippen molar-refractivity contribution in [3.8, 4) is 0 Å². The molecule has 0 heteroatoms. The van der Waals surface area contributed by atoms with Crippen LogP contribution in [0.4, 0.5) is 0 Å². The van der Waals surface area contributed by atoms with Crippen LogP contribution < -0.4 is 0 Å². The zero-order chi connectivity index (χ0) is 12.6. The van der Waals surface area contributed by atoms with Crippen LogP contribution in [0.15, 0.2) is 72.3 Å². The van der Waals surface area contributed by atoms with Crippen LogP contribution in [-0.2, 0) is 0 Å². The van der Waals surface area contributed by atoms with Crippen molar-refractivity contribution in [2.75, 3.05) is 0 Å². The molecule has 0 heterocycles. The lowest BCUT2D eigenvalue weighted by Crippen LogP contribution is -1.76. The summed E-state index contributed by atoms with van der Waals surface area (Å²) >= 11 is 0. The van der Waals surface area contributed by atoms with Gasteiger partial charge in [0.05, 0.1) is 0 Å². The average molecular weight is 234 g/mol. The van der Waals surface area contributed by atoms with Crippen LogP contribution in [0.25, 0.3) is 12.2 Å². The highest BCUT2D eigenvalue weighted by Crippen LogP contribution is 2.11. The highest BCUT2D eigenvalue weighted by molar-refractivity contribution is 5.54. The Morgan fingerprint density at radius 2 is 1.39 bits per heavy atom. The number of hydrogen-bond acceptors (Lipinski definition) is 0. The van der Waals surface area contributed by atoms with E-state index in [1.165, 1.54) is 16.7 Å². The fourth-order valence-corrected chi connectivity index (χ4v) is 1.84. The molecule has 0 aliphatic rings. The molecular formula is C18H18. The van der Waals surface area contributed by atoms with Gasteiger partial charge < -0.3 is 0 Å². The summed E-state index contributed by atoms with van der Waals surface area (Å²) in [6.07, 6.45) is 7.60. The highest BCUT2D eigenvalue weighted by atomic mass is 13.9. The summed E-state index contributed by atoms with van der Waals surface area (Å²) in [7, 11) is 0. The van der Waals surface area contributed by atoms with Crippen molar-refractivity contribution in [1.82, 2.24) is 0 Å². The third-order valence-electron chi connectivity index (χ3n) is 2.76. The van der Waals surface area contributed by atoms with Gasteiger partial charge in [-0.15, -0.1) is 0 Å². The lowest BCUT2D eigenvalue weighted by Gasteiger charge is -1.97. The molecule has 90 valence electrons. The van der Waals surface area contributed by atoms with Crippen molar-refractivity contribution in [3.05, 3.63) is 83.4 Å². The molecule has 0 aromatic heterocycles. The summed E-state index contributed by atoms with van der Waals surface area (Å²) in [5.41, 5.74) is 3.89. The summed E-state index contributed by atoms with van der Waals surface area (Å²) in [5, 5.41) is 0. The first-order chi connectivity index (χ1) is 8.84. The third kappa shape index (κ3) is 4.06. The summed E-state index contributed by atoms with van der Waals surface area (Å²) in [6.45, 7) is 2.17. The van der Waals surface area contributed by atoms with Crippen molar-refractivity contribution < 1.29 is 0 Å². The number of allylic oxidation sites excluding steroid dienone is 2. The van der Waals surface area contributed by atoms with Gasteiger partial charge in [-0.05, 0) is 24.5 Å². The lowest BCUT2D eigenvalue weighted by molar-refractivity contribution is 1.24. The van der Waals surface area contributed by atoms with Gasteiger partial charge in [-0.2, -0.15) is 0 Å². The van der Waals surface area contributed by atoms with Gasteiger partial charge in [0.15, 0.2) is 0 Å². The van der Waals surface area contributed by atoms with Crippen LogP contribution in [-0.4, -0.2) is 0 Å². The normalized spacial score (nSPS) is 11.9. The molecule has 2 aromatic rings. The van der Waals surface area contributed by atoms with Gasteiger partial charge >= 0.3 is 0 Å². The second-order valence-electron chi connectivity index (χ2n) is 4.42. The molecule has 2 aromatic carbocycles. The van der Waals surface area contributed by atoms with E-state index in [9.17, 15) is 0 Å². The first kappa shape index (κ1) is 12.4. The molecule has 0 fully saturated rings. The second kappa shape index (κ2) is 6.61. The Morgan fingerprint density at radius 3 is 2.00 bits per heavy atom. The van der Waals surface area contributed by atoms with Crippen molar-refractivity contribution in [2.24, 2.45) is 0 Å².